The number of rotatable bonds is 0. The molecule has 13 heavy (non-hydrogen) atoms. The highest BCUT2D eigenvalue weighted by Crippen LogP contribution is 2.30. The van der Waals surface area contributed by atoms with Crippen LogP contribution in [0.2, 0.25) is 0 Å². The molecule has 2 rings (SSSR count). The molecule has 0 amide bonds. The van der Waals surface area contributed by atoms with Crippen molar-refractivity contribution in [2.75, 3.05) is 0 Å². The summed E-state index contributed by atoms with van der Waals surface area (Å²) in [6.45, 7) is 4.38. The van der Waals surface area contributed by atoms with Crippen LogP contribution in [-0.4, -0.2) is 0 Å². The SMILES string of the molecule is Cc1cc(Br)c(C)c2c1CCC=C2. The summed E-state index contributed by atoms with van der Waals surface area (Å²) in [6, 6.07) is 2.23. The van der Waals surface area contributed by atoms with Gasteiger partial charge in [-0.15, -0.1) is 0 Å². The van der Waals surface area contributed by atoms with E-state index >= 15 is 0 Å². The number of aryl methyl sites for hydroxylation is 1. The van der Waals surface area contributed by atoms with Gasteiger partial charge in [-0.05, 0) is 55.0 Å². The molecule has 0 atom stereocenters. The van der Waals surface area contributed by atoms with Gasteiger partial charge in [0.2, 0.25) is 0 Å². The maximum absolute atomic E-state index is 3.59. The quantitative estimate of drug-likeness (QED) is 0.639. The summed E-state index contributed by atoms with van der Waals surface area (Å²) in [5.41, 5.74) is 5.75. The second-order valence-corrected chi connectivity index (χ2v) is 4.49. The summed E-state index contributed by atoms with van der Waals surface area (Å²) in [6.07, 6.45) is 6.91. The third-order valence-electron chi connectivity index (χ3n) is 2.75. The predicted molar refractivity (Wildman–Crippen MR) is 61.0 cm³/mol. The predicted octanol–water partition coefficient (Wildman–Crippen LogP) is 4.03. The number of benzene rings is 1. The molecule has 0 nitrogen and oxygen atoms in total. The van der Waals surface area contributed by atoms with Gasteiger partial charge in [-0.2, -0.15) is 0 Å². The van der Waals surface area contributed by atoms with Gasteiger partial charge >= 0.3 is 0 Å². The van der Waals surface area contributed by atoms with Crippen molar-refractivity contribution in [1.29, 1.82) is 0 Å². The van der Waals surface area contributed by atoms with Crippen molar-refractivity contribution in [3.63, 3.8) is 0 Å². The van der Waals surface area contributed by atoms with E-state index in [2.05, 4.69) is 48.0 Å². The van der Waals surface area contributed by atoms with Crippen molar-refractivity contribution >= 4 is 22.0 Å². The summed E-state index contributed by atoms with van der Waals surface area (Å²) in [7, 11) is 0. The van der Waals surface area contributed by atoms with Crippen LogP contribution in [-0.2, 0) is 6.42 Å². The topological polar surface area (TPSA) is 0 Å². The number of halogens is 1. The highest BCUT2D eigenvalue weighted by Gasteiger charge is 2.11. The third-order valence-corrected chi connectivity index (χ3v) is 3.58. The fourth-order valence-corrected chi connectivity index (χ4v) is 2.50. The molecular formula is C12H13Br. The van der Waals surface area contributed by atoms with Crippen molar-refractivity contribution in [3.05, 3.63) is 38.9 Å². The molecule has 0 saturated heterocycles. The Morgan fingerprint density at radius 3 is 2.85 bits per heavy atom. The van der Waals surface area contributed by atoms with Gasteiger partial charge < -0.3 is 0 Å². The van der Waals surface area contributed by atoms with E-state index in [1.54, 1.807) is 0 Å². The Morgan fingerprint density at radius 1 is 1.31 bits per heavy atom. The van der Waals surface area contributed by atoms with Gasteiger partial charge in [0.1, 0.15) is 0 Å². The van der Waals surface area contributed by atoms with Crippen molar-refractivity contribution in [2.24, 2.45) is 0 Å². The number of hydrogen-bond acceptors (Lipinski definition) is 0. The molecule has 0 spiro atoms. The minimum absolute atomic E-state index is 1.19. The summed E-state index contributed by atoms with van der Waals surface area (Å²) in [4.78, 5) is 0. The molecule has 0 bridgehead atoms. The monoisotopic (exact) mass is 236 g/mol. The molecule has 0 aromatic heterocycles. The standard InChI is InChI=1S/C12H13Br/c1-8-7-12(13)9(2)11-6-4-3-5-10(8)11/h4,6-7H,3,5H2,1-2H3. The van der Waals surface area contributed by atoms with Crippen molar-refractivity contribution in [1.82, 2.24) is 0 Å². The lowest BCUT2D eigenvalue weighted by Gasteiger charge is -2.17. The summed E-state index contributed by atoms with van der Waals surface area (Å²) < 4.78 is 1.23. The van der Waals surface area contributed by atoms with E-state index < -0.39 is 0 Å². The first kappa shape index (κ1) is 9.01. The Bertz CT molecular complexity index is 375. The van der Waals surface area contributed by atoms with E-state index in [1.165, 1.54) is 39.6 Å². The molecule has 0 saturated carbocycles. The van der Waals surface area contributed by atoms with Gasteiger partial charge in [0.15, 0.2) is 0 Å². The first-order valence-corrected chi connectivity index (χ1v) is 5.44. The van der Waals surface area contributed by atoms with E-state index in [1.807, 2.05) is 0 Å². The maximum atomic E-state index is 3.59. The number of allylic oxidation sites excluding steroid dienone is 1. The van der Waals surface area contributed by atoms with Gasteiger partial charge in [0.05, 0.1) is 0 Å². The molecule has 68 valence electrons. The fraction of sp³-hybridized carbons (Fsp3) is 0.333. The molecule has 0 radical (unpaired) electrons. The van der Waals surface area contributed by atoms with Crippen LogP contribution in [0.4, 0.5) is 0 Å². The van der Waals surface area contributed by atoms with Crippen molar-refractivity contribution in [3.8, 4) is 0 Å². The number of hydrogen-bond donors (Lipinski definition) is 0. The van der Waals surface area contributed by atoms with Crippen LogP contribution in [0.25, 0.3) is 6.08 Å². The molecule has 0 N–H and O–H groups in total. The van der Waals surface area contributed by atoms with Gasteiger partial charge in [-0.25, -0.2) is 0 Å². The van der Waals surface area contributed by atoms with Crippen LogP contribution >= 0.6 is 15.9 Å². The van der Waals surface area contributed by atoms with E-state index in [0.717, 1.165) is 0 Å². The lowest BCUT2D eigenvalue weighted by Crippen LogP contribution is -2.00. The smallest absolute Gasteiger partial charge is 0.0213 e. The Morgan fingerprint density at radius 2 is 2.08 bits per heavy atom. The Hall–Kier alpha value is -0.560. The van der Waals surface area contributed by atoms with Crippen LogP contribution in [0.15, 0.2) is 16.6 Å². The average Bonchev–Trinajstić information content (AvgIpc) is 2.15. The minimum atomic E-state index is 1.19. The first-order valence-electron chi connectivity index (χ1n) is 4.65. The molecular weight excluding hydrogens is 224 g/mol. The van der Waals surface area contributed by atoms with Gasteiger partial charge in [0.25, 0.3) is 0 Å². The molecule has 1 aromatic rings. The highest BCUT2D eigenvalue weighted by molar-refractivity contribution is 9.10. The third kappa shape index (κ3) is 1.46. The zero-order valence-corrected chi connectivity index (χ0v) is 9.61. The molecule has 1 aliphatic carbocycles. The second-order valence-electron chi connectivity index (χ2n) is 3.63. The summed E-state index contributed by atoms with van der Waals surface area (Å²) in [5, 5.41) is 0. The lowest BCUT2D eigenvalue weighted by atomic mass is 9.90. The Balaban J connectivity index is 2.72. The Kier molecular flexibility index (Phi) is 2.29. The molecule has 0 aliphatic heterocycles. The molecule has 0 unspecified atom stereocenters. The van der Waals surface area contributed by atoms with Gasteiger partial charge in [-0.3, -0.25) is 0 Å². The molecule has 1 heteroatoms. The van der Waals surface area contributed by atoms with Gasteiger partial charge in [-0.1, -0.05) is 28.1 Å². The van der Waals surface area contributed by atoms with Crippen LogP contribution in [0.3, 0.4) is 0 Å². The normalized spacial score (nSPS) is 14.4. The Labute approximate surface area is 87.8 Å². The molecule has 1 aromatic carbocycles. The molecule has 1 aliphatic rings. The van der Waals surface area contributed by atoms with Crippen molar-refractivity contribution in [2.45, 2.75) is 26.7 Å². The maximum Gasteiger partial charge on any atom is 0.0213 e. The van der Waals surface area contributed by atoms with Crippen LogP contribution in [0.5, 0.6) is 0 Å². The molecule has 0 heterocycles. The van der Waals surface area contributed by atoms with E-state index in [-0.39, 0.29) is 0 Å². The summed E-state index contributed by atoms with van der Waals surface area (Å²) in [5.74, 6) is 0. The summed E-state index contributed by atoms with van der Waals surface area (Å²) >= 11 is 3.59. The van der Waals surface area contributed by atoms with Crippen LogP contribution in [0, 0.1) is 13.8 Å². The van der Waals surface area contributed by atoms with E-state index in [4.69, 9.17) is 0 Å². The fourth-order valence-electron chi connectivity index (χ4n) is 1.94. The minimum Gasteiger partial charge on any atom is -0.0836 e. The van der Waals surface area contributed by atoms with Crippen LogP contribution < -0.4 is 0 Å². The van der Waals surface area contributed by atoms with Crippen molar-refractivity contribution < 1.29 is 0 Å². The number of fused-ring (bicyclic) bond motifs is 1. The average molecular weight is 237 g/mol. The van der Waals surface area contributed by atoms with E-state index in [0.29, 0.717) is 0 Å². The largest absolute Gasteiger partial charge is 0.0836 e. The highest BCUT2D eigenvalue weighted by atomic mass is 79.9. The zero-order chi connectivity index (χ0) is 9.42. The van der Waals surface area contributed by atoms with Crippen LogP contribution in [0.1, 0.15) is 28.7 Å². The second kappa shape index (κ2) is 3.30. The zero-order valence-electron chi connectivity index (χ0n) is 8.02. The lowest BCUT2D eigenvalue weighted by molar-refractivity contribution is 0.964. The van der Waals surface area contributed by atoms with Gasteiger partial charge in [0, 0.05) is 4.47 Å². The first-order chi connectivity index (χ1) is 6.20. The van der Waals surface area contributed by atoms with E-state index in [9.17, 15) is 0 Å². The molecule has 0 fully saturated rings.